The average Bonchev–Trinajstić information content (AvgIpc) is 3.73. The van der Waals surface area contributed by atoms with Crippen molar-refractivity contribution in [2.75, 3.05) is 28.0 Å². The summed E-state index contributed by atoms with van der Waals surface area (Å²) in [4.78, 5) is 80.6. The number of carbonyl (C=O) groups is 6. The molecule has 0 spiro atoms. The fourth-order valence-corrected chi connectivity index (χ4v) is 5.76. The van der Waals surface area contributed by atoms with Gasteiger partial charge in [0.2, 0.25) is 12.3 Å². The molecule has 3 atom stereocenters. The molecule has 2 aromatic carbocycles. The zero-order valence-corrected chi connectivity index (χ0v) is 39.5. The van der Waals surface area contributed by atoms with Crippen LogP contribution >= 0.6 is 0 Å². The smallest absolute Gasteiger partial charge is 0.637 e. The number of unbranched alkanes of at least 4 members (excludes halogenated alkanes) is 2. The molecule has 2 N–H and O–H groups in total. The van der Waals surface area contributed by atoms with Crippen LogP contribution < -0.4 is 62.0 Å². The van der Waals surface area contributed by atoms with Crippen molar-refractivity contribution < 1.29 is 98.9 Å². The van der Waals surface area contributed by atoms with E-state index in [0.717, 1.165) is 43.9 Å². The molecule has 4 amide bonds. The summed E-state index contributed by atoms with van der Waals surface area (Å²) < 4.78 is 14.8. The Kier molecular flexibility index (Phi) is 31.0. The molecule has 59 heavy (non-hydrogen) atoms. The van der Waals surface area contributed by atoms with Crippen LogP contribution in [0.3, 0.4) is 0 Å². The molecular weight excluding hydrogens is 784 g/mol. The number of carbonyl (C=O) groups excluding carboxylic acids is 6. The number of furan rings is 1. The molecule has 1 heterocycles. The summed E-state index contributed by atoms with van der Waals surface area (Å²) in [5.74, 6) is -2.68. The maximum Gasteiger partial charge on any atom is 1.00 e. The maximum absolute atomic E-state index is 13.5. The number of nitrogens with zero attached hydrogens (tertiary/aromatic N) is 2. The Hall–Kier alpha value is -3.70. The van der Waals surface area contributed by atoms with Crippen LogP contribution in [0, 0.1) is 5.92 Å². The summed E-state index contributed by atoms with van der Waals surface area (Å²) in [5, 5.41) is 10.6. The SMILES string of the molecule is CCC.CCCCCC(C(=O)NCNC(=O)c1ccc(-c2cc(CCC)cc(C(=O)[N-][C@H](CC=O)C(=O)OC)c2)o1)C(CC)N(C=O)OCc1ccccc1.COC.[K+]. The summed E-state index contributed by atoms with van der Waals surface area (Å²) in [6.07, 6.45) is 7.15. The van der Waals surface area contributed by atoms with Gasteiger partial charge >= 0.3 is 51.4 Å². The van der Waals surface area contributed by atoms with Crippen LogP contribution in [0.1, 0.15) is 118 Å². The second kappa shape index (κ2) is 33.1. The molecule has 320 valence electrons. The monoisotopic (exact) mass is 846 g/mol. The summed E-state index contributed by atoms with van der Waals surface area (Å²) in [6, 6.07) is 15.7. The molecule has 0 aliphatic rings. The van der Waals surface area contributed by atoms with Gasteiger partial charge in [-0.25, -0.2) is 5.06 Å². The Labute approximate surface area is 392 Å². The zero-order valence-electron chi connectivity index (χ0n) is 36.4. The minimum absolute atomic E-state index is 0. The van der Waals surface area contributed by atoms with Crippen molar-refractivity contribution in [3.8, 4) is 11.3 Å². The van der Waals surface area contributed by atoms with E-state index >= 15 is 0 Å². The van der Waals surface area contributed by atoms with E-state index in [1.54, 1.807) is 26.4 Å². The van der Waals surface area contributed by atoms with Crippen molar-refractivity contribution in [2.45, 2.75) is 111 Å². The number of rotatable bonds is 23. The third-order valence-corrected chi connectivity index (χ3v) is 8.46. The van der Waals surface area contributed by atoms with Gasteiger partial charge in [-0.1, -0.05) is 97.1 Å². The number of nitrogens with one attached hydrogen (secondary N) is 2. The molecule has 0 saturated heterocycles. The summed E-state index contributed by atoms with van der Waals surface area (Å²) in [7, 11) is 4.40. The normalized spacial score (nSPS) is 11.7. The van der Waals surface area contributed by atoms with Crippen LogP contribution in [0.4, 0.5) is 0 Å². The Morgan fingerprint density at radius 3 is 2.12 bits per heavy atom. The van der Waals surface area contributed by atoms with E-state index in [2.05, 4.69) is 46.2 Å². The number of aryl methyl sites for hydroxylation is 1. The van der Waals surface area contributed by atoms with Crippen molar-refractivity contribution in [3.05, 3.63) is 88.4 Å². The number of hydroxylamine groups is 2. The van der Waals surface area contributed by atoms with E-state index < -0.39 is 35.8 Å². The van der Waals surface area contributed by atoms with Gasteiger partial charge in [0.25, 0.3) is 11.9 Å². The first-order chi connectivity index (χ1) is 28.0. The zero-order chi connectivity index (χ0) is 43.3. The molecule has 0 aliphatic heterocycles. The summed E-state index contributed by atoms with van der Waals surface area (Å²) in [5.41, 5.74) is 2.39. The second-order valence-corrected chi connectivity index (χ2v) is 13.3. The van der Waals surface area contributed by atoms with Crippen molar-refractivity contribution >= 4 is 36.4 Å². The molecule has 1 aromatic heterocycles. The first kappa shape index (κ1) is 55.3. The largest absolute Gasteiger partial charge is 1.00 e. The number of esters is 1. The fraction of sp³-hybridized carbons (Fsp3) is 0.500. The third kappa shape index (κ3) is 20.4. The van der Waals surface area contributed by atoms with Crippen molar-refractivity contribution in [2.24, 2.45) is 5.92 Å². The van der Waals surface area contributed by atoms with E-state index in [0.29, 0.717) is 43.3 Å². The van der Waals surface area contributed by atoms with Crippen LogP contribution in [0.2, 0.25) is 0 Å². The minimum atomic E-state index is -1.26. The van der Waals surface area contributed by atoms with Crippen molar-refractivity contribution in [1.82, 2.24) is 15.7 Å². The number of benzene rings is 2. The number of ether oxygens (including phenoxy) is 2. The first-order valence-corrected chi connectivity index (χ1v) is 19.9. The summed E-state index contributed by atoms with van der Waals surface area (Å²) in [6.45, 7) is 10.2. The van der Waals surface area contributed by atoms with Gasteiger partial charge in [-0.05, 0) is 66.8 Å². The van der Waals surface area contributed by atoms with Gasteiger partial charge in [0.15, 0.2) is 5.76 Å². The number of hydrogen-bond acceptors (Lipinski definition) is 10. The predicted octanol–water partition coefficient (Wildman–Crippen LogP) is 4.60. The van der Waals surface area contributed by atoms with Gasteiger partial charge in [0, 0.05) is 31.8 Å². The van der Waals surface area contributed by atoms with Crippen LogP contribution in [-0.2, 0) is 46.5 Å². The molecule has 0 bridgehead atoms. The van der Waals surface area contributed by atoms with E-state index in [-0.39, 0.29) is 88.3 Å². The molecule has 3 rings (SSSR count). The Balaban J connectivity index is 0.00000452. The van der Waals surface area contributed by atoms with Gasteiger partial charge < -0.3 is 39.4 Å². The molecular formula is C44H63KN4O10. The van der Waals surface area contributed by atoms with Gasteiger partial charge in [0.05, 0.1) is 31.6 Å². The molecule has 14 nitrogen and oxygen atoms in total. The van der Waals surface area contributed by atoms with E-state index in [4.69, 9.17) is 9.25 Å². The van der Waals surface area contributed by atoms with Gasteiger partial charge in [-0.2, -0.15) is 0 Å². The van der Waals surface area contributed by atoms with Gasteiger partial charge in [-0.15, -0.1) is 0 Å². The van der Waals surface area contributed by atoms with Crippen LogP contribution in [-0.4, -0.2) is 81.5 Å². The molecule has 2 unspecified atom stereocenters. The first-order valence-electron chi connectivity index (χ1n) is 19.9. The molecule has 0 radical (unpaired) electrons. The van der Waals surface area contributed by atoms with Crippen LogP contribution in [0.25, 0.3) is 16.6 Å². The van der Waals surface area contributed by atoms with Gasteiger partial charge in [0.1, 0.15) is 18.7 Å². The third-order valence-electron chi connectivity index (χ3n) is 8.46. The number of aldehydes is 1. The standard InChI is InChI=1S/C39H50N4O9.C3H8.C2H6O.K/c1-5-8-10-16-31(33(7-3)43(26-45)51-24-27-14-11-9-12-15-27)37(47)40-25-41-38(48)35-18-17-34(52-35)29-21-28(13-6-2)22-30(23-29)36(46)42-32(19-20-44)39(49)50-4;2*1-3-2;/h9,11-12,14-15,17-18,20-23,26,31-33H,5-8,10,13,16,19,24-25H2,1-4H3,(H3,40,41,42,46,47,48);3H2,1-2H3;1-2H3;/q;;;+1/p-1/t31?,32-,33?;;;/m1.../s1. The average molecular weight is 847 g/mol. The Morgan fingerprint density at radius 2 is 1.54 bits per heavy atom. The minimum Gasteiger partial charge on any atom is -0.637 e. The molecule has 3 aromatic rings. The Bertz CT molecular complexity index is 1670. The number of hydrogen-bond donors (Lipinski definition) is 2. The van der Waals surface area contributed by atoms with Crippen LogP contribution in [0.5, 0.6) is 0 Å². The Morgan fingerprint density at radius 1 is 0.864 bits per heavy atom. The fourth-order valence-electron chi connectivity index (χ4n) is 5.76. The molecule has 0 saturated carbocycles. The topological polar surface area (TPSA) is 185 Å². The molecule has 0 fully saturated rings. The van der Waals surface area contributed by atoms with Crippen molar-refractivity contribution in [3.63, 3.8) is 0 Å². The summed E-state index contributed by atoms with van der Waals surface area (Å²) >= 11 is 0. The molecule has 15 heteroatoms. The second-order valence-electron chi connectivity index (χ2n) is 13.3. The predicted molar refractivity (Wildman–Crippen MR) is 223 cm³/mol. The quantitative estimate of drug-likeness (QED) is 0.0342. The number of methoxy groups -OCH3 is 2. The van der Waals surface area contributed by atoms with Crippen LogP contribution in [0.15, 0.2) is 65.1 Å². The van der Waals surface area contributed by atoms with Gasteiger partial charge in [-0.3, -0.25) is 24.0 Å². The van der Waals surface area contributed by atoms with E-state index in [9.17, 15) is 28.8 Å². The molecule has 0 aliphatic carbocycles. The van der Waals surface area contributed by atoms with Crippen molar-refractivity contribution in [1.29, 1.82) is 0 Å². The maximum atomic E-state index is 13.5. The van der Waals surface area contributed by atoms with E-state index in [1.165, 1.54) is 23.6 Å². The van der Waals surface area contributed by atoms with E-state index in [1.807, 2.05) is 50.2 Å². The number of amides is 4.